The summed E-state index contributed by atoms with van der Waals surface area (Å²) in [5.41, 5.74) is 2.25. The van der Waals surface area contributed by atoms with Crippen LogP contribution in [-0.2, 0) is 4.74 Å². The second kappa shape index (κ2) is 4.65. The second-order valence-corrected chi connectivity index (χ2v) is 3.22. The zero-order valence-electron chi connectivity index (χ0n) is 8.32. The van der Waals surface area contributed by atoms with Crippen LogP contribution < -0.4 is 0 Å². The van der Waals surface area contributed by atoms with Crippen LogP contribution in [0.25, 0.3) is 0 Å². The van der Waals surface area contributed by atoms with E-state index in [1.54, 1.807) is 7.11 Å². The van der Waals surface area contributed by atoms with Gasteiger partial charge in [0.15, 0.2) is 6.40 Å². The predicted octanol–water partition coefficient (Wildman–Crippen LogP) is 3.12. The molecule has 0 aliphatic rings. The predicted molar refractivity (Wildman–Crippen MR) is 55.7 cm³/mol. The van der Waals surface area contributed by atoms with Crippen molar-refractivity contribution in [3.63, 3.8) is 0 Å². The molecular weight excluding hydrogens is 162 g/mol. The Balaban J connectivity index is 2.75. The summed E-state index contributed by atoms with van der Waals surface area (Å²) in [5, 5.41) is 0. The molecule has 70 valence electrons. The van der Waals surface area contributed by atoms with Gasteiger partial charge in [-0.15, -0.1) is 0 Å². The molecule has 2 heteroatoms. The summed E-state index contributed by atoms with van der Waals surface area (Å²) in [6.07, 6.45) is 1.43. The highest BCUT2D eigenvalue weighted by Crippen LogP contribution is 2.18. The first-order chi connectivity index (χ1) is 6.24. The van der Waals surface area contributed by atoms with Gasteiger partial charge in [-0.25, -0.2) is 4.99 Å². The summed E-state index contributed by atoms with van der Waals surface area (Å²) in [5.74, 6) is 0.570. The van der Waals surface area contributed by atoms with Crippen molar-refractivity contribution in [2.24, 2.45) is 4.99 Å². The molecule has 0 N–H and O–H groups in total. The van der Waals surface area contributed by atoms with Gasteiger partial charge in [0, 0.05) is 0 Å². The Hall–Kier alpha value is -1.31. The molecule has 0 spiro atoms. The van der Waals surface area contributed by atoms with Gasteiger partial charge in [-0.05, 0) is 23.6 Å². The Morgan fingerprint density at radius 2 is 1.85 bits per heavy atom. The standard InChI is InChI=1S/C11H15NO/c1-9(2)10-4-6-11(7-5-10)12-8-13-3/h4-9H,1-3H3/b12-8-. The highest BCUT2D eigenvalue weighted by Gasteiger charge is 1.97. The van der Waals surface area contributed by atoms with Crippen molar-refractivity contribution < 1.29 is 4.74 Å². The quantitative estimate of drug-likeness (QED) is 0.513. The van der Waals surface area contributed by atoms with Crippen LogP contribution in [0.1, 0.15) is 25.3 Å². The maximum absolute atomic E-state index is 4.73. The average molecular weight is 177 g/mol. The van der Waals surface area contributed by atoms with Gasteiger partial charge in [-0.1, -0.05) is 26.0 Å². The monoisotopic (exact) mass is 177 g/mol. The van der Waals surface area contributed by atoms with E-state index in [0.717, 1.165) is 5.69 Å². The van der Waals surface area contributed by atoms with Gasteiger partial charge in [0.2, 0.25) is 0 Å². The maximum Gasteiger partial charge on any atom is 0.174 e. The van der Waals surface area contributed by atoms with E-state index in [2.05, 4.69) is 31.0 Å². The SMILES string of the molecule is CO/C=N\c1ccc(C(C)C)cc1. The highest BCUT2D eigenvalue weighted by molar-refractivity contribution is 5.55. The van der Waals surface area contributed by atoms with E-state index in [1.807, 2.05) is 12.1 Å². The van der Waals surface area contributed by atoms with Crippen LogP contribution in [0.5, 0.6) is 0 Å². The lowest BCUT2D eigenvalue weighted by Crippen LogP contribution is -1.84. The van der Waals surface area contributed by atoms with Gasteiger partial charge in [-0.2, -0.15) is 0 Å². The van der Waals surface area contributed by atoms with Gasteiger partial charge < -0.3 is 4.74 Å². The zero-order chi connectivity index (χ0) is 9.68. The van der Waals surface area contributed by atoms with Crippen LogP contribution in [0.3, 0.4) is 0 Å². The fraction of sp³-hybridized carbons (Fsp3) is 0.364. The molecule has 0 amide bonds. The Kier molecular flexibility index (Phi) is 3.50. The summed E-state index contributed by atoms with van der Waals surface area (Å²) in [6.45, 7) is 4.35. The number of benzene rings is 1. The molecule has 0 radical (unpaired) electrons. The normalized spacial score (nSPS) is 11.1. The molecule has 0 aliphatic carbocycles. The van der Waals surface area contributed by atoms with E-state index < -0.39 is 0 Å². The number of ether oxygens (including phenoxy) is 1. The van der Waals surface area contributed by atoms with Crippen molar-refractivity contribution in [3.05, 3.63) is 29.8 Å². The minimum absolute atomic E-state index is 0.570. The Morgan fingerprint density at radius 1 is 1.23 bits per heavy atom. The van der Waals surface area contributed by atoms with Crippen LogP contribution in [0, 0.1) is 0 Å². The molecule has 1 rings (SSSR count). The Morgan fingerprint density at radius 3 is 2.31 bits per heavy atom. The summed E-state index contributed by atoms with van der Waals surface area (Å²) in [7, 11) is 1.59. The highest BCUT2D eigenvalue weighted by atomic mass is 16.5. The smallest absolute Gasteiger partial charge is 0.174 e. The minimum atomic E-state index is 0.570. The van der Waals surface area contributed by atoms with E-state index >= 15 is 0 Å². The Labute approximate surface area is 79.3 Å². The van der Waals surface area contributed by atoms with Crippen LogP contribution in [0.4, 0.5) is 5.69 Å². The third kappa shape index (κ3) is 2.90. The first-order valence-electron chi connectivity index (χ1n) is 4.39. The number of methoxy groups -OCH3 is 1. The van der Waals surface area contributed by atoms with E-state index in [-0.39, 0.29) is 0 Å². The van der Waals surface area contributed by atoms with E-state index in [1.165, 1.54) is 12.0 Å². The fourth-order valence-electron chi connectivity index (χ4n) is 1.06. The number of nitrogens with zero attached hydrogens (tertiary/aromatic N) is 1. The average Bonchev–Trinajstić information content (AvgIpc) is 2.15. The topological polar surface area (TPSA) is 21.6 Å². The molecule has 0 atom stereocenters. The summed E-state index contributed by atoms with van der Waals surface area (Å²) >= 11 is 0. The van der Waals surface area contributed by atoms with Crippen molar-refractivity contribution in [1.29, 1.82) is 0 Å². The molecule has 0 unspecified atom stereocenters. The number of aliphatic imine (C=N–C) groups is 1. The van der Waals surface area contributed by atoms with Gasteiger partial charge in [-0.3, -0.25) is 0 Å². The lowest BCUT2D eigenvalue weighted by atomic mass is 10.0. The Bertz CT molecular complexity index is 275. The molecule has 0 fully saturated rings. The molecule has 0 saturated heterocycles. The molecule has 13 heavy (non-hydrogen) atoms. The van der Waals surface area contributed by atoms with Crippen LogP contribution in [0.2, 0.25) is 0 Å². The molecule has 0 heterocycles. The van der Waals surface area contributed by atoms with E-state index in [0.29, 0.717) is 5.92 Å². The number of rotatable bonds is 3. The molecule has 2 nitrogen and oxygen atoms in total. The van der Waals surface area contributed by atoms with Crippen molar-refractivity contribution >= 4 is 12.1 Å². The lowest BCUT2D eigenvalue weighted by molar-refractivity contribution is 0.423. The van der Waals surface area contributed by atoms with Crippen molar-refractivity contribution in [3.8, 4) is 0 Å². The van der Waals surface area contributed by atoms with Crippen LogP contribution >= 0.6 is 0 Å². The molecular formula is C11H15NO. The number of hydrogen-bond donors (Lipinski definition) is 0. The van der Waals surface area contributed by atoms with E-state index in [4.69, 9.17) is 4.74 Å². The van der Waals surface area contributed by atoms with Gasteiger partial charge in [0.25, 0.3) is 0 Å². The van der Waals surface area contributed by atoms with Crippen molar-refractivity contribution in [2.75, 3.05) is 7.11 Å². The molecule has 0 aliphatic heterocycles. The molecule has 1 aromatic carbocycles. The summed E-state index contributed by atoms with van der Waals surface area (Å²) < 4.78 is 4.73. The molecule has 0 saturated carbocycles. The first-order valence-corrected chi connectivity index (χ1v) is 4.39. The number of hydrogen-bond acceptors (Lipinski definition) is 2. The van der Waals surface area contributed by atoms with Gasteiger partial charge >= 0.3 is 0 Å². The minimum Gasteiger partial charge on any atom is -0.486 e. The fourth-order valence-corrected chi connectivity index (χ4v) is 1.06. The lowest BCUT2D eigenvalue weighted by Gasteiger charge is -2.03. The van der Waals surface area contributed by atoms with Gasteiger partial charge in [0.1, 0.15) is 0 Å². The largest absolute Gasteiger partial charge is 0.486 e. The summed E-state index contributed by atoms with van der Waals surface area (Å²) in [6, 6.07) is 8.16. The van der Waals surface area contributed by atoms with Crippen molar-refractivity contribution in [1.82, 2.24) is 0 Å². The maximum atomic E-state index is 4.73. The molecule has 0 aromatic heterocycles. The van der Waals surface area contributed by atoms with Gasteiger partial charge in [0.05, 0.1) is 12.8 Å². The molecule has 0 bridgehead atoms. The van der Waals surface area contributed by atoms with E-state index in [9.17, 15) is 0 Å². The zero-order valence-corrected chi connectivity index (χ0v) is 8.32. The second-order valence-electron chi connectivity index (χ2n) is 3.22. The first kappa shape index (κ1) is 9.78. The van der Waals surface area contributed by atoms with Crippen molar-refractivity contribution in [2.45, 2.75) is 19.8 Å². The van der Waals surface area contributed by atoms with Crippen LogP contribution in [0.15, 0.2) is 29.3 Å². The summed E-state index contributed by atoms with van der Waals surface area (Å²) in [4.78, 5) is 4.08. The molecule has 1 aromatic rings. The third-order valence-electron chi connectivity index (χ3n) is 1.87. The third-order valence-corrected chi connectivity index (χ3v) is 1.87. The van der Waals surface area contributed by atoms with Crippen LogP contribution in [-0.4, -0.2) is 13.5 Å².